The van der Waals surface area contributed by atoms with E-state index < -0.39 is 23.8 Å². The number of cyclic esters (lactones) is 1. The van der Waals surface area contributed by atoms with Gasteiger partial charge in [0.1, 0.15) is 19.0 Å². The third kappa shape index (κ3) is 12.0. The van der Waals surface area contributed by atoms with Crippen LogP contribution < -0.4 is 26.2 Å². The van der Waals surface area contributed by atoms with E-state index in [-0.39, 0.29) is 55.4 Å². The molecule has 3 amide bonds. The van der Waals surface area contributed by atoms with Crippen molar-refractivity contribution in [2.75, 3.05) is 79.6 Å². The summed E-state index contributed by atoms with van der Waals surface area (Å²) < 4.78 is 39.0. The molecule has 5 rings (SSSR count). The van der Waals surface area contributed by atoms with Crippen LogP contribution in [0.5, 0.6) is 5.75 Å². The largest absolute Gasteiger partial charge is 0.458 e. The maximum atomic E-state index is 13.6. The van der Waals surface area contributed by atoms with Gasteiger partial charge in [-0.1, -0.05) is 26.7 Å². The average Bonchev–Trinajstić information content (AvgIpc) is 3.61. The Bertz CT molecular complexity index is 2020. The number of aliphatic hydroxyl groups is 1. The van der Waals surface area contributed by atoms with Crippen LogP contribution in [-0.4, -0.2) is 118 Å². The van der Waals surface area contributed by atoms with Gasteiger partial charge in [-0.2, -0.15) is 0 Å². The normalized spacial score (nSPS) is 15.2. The van der Waals surface area contributed by atoms with Gasteiger partial charge in [0.05, 0.1) is 81.9 Å². The summed E-state index contributed by atoms with van der Waals surface area (Å²) in [7, 11) is 1.58. The molecule has 0 spiro atoms. The zero-order chi connectivity index (χ0) is 42.9. The second kappa shape index (κ2) is 23.0. The van der Waals surface area contributed by atoms with E-state index in [0.717, 1.165) is 42.2 Å². The number of carbonyl (C=O) groups excluding carboxylic acids is 4. The highest BCUT2D eigenvalue weighted by Crippen LogP contribution is 2.40. The number of aryl methyl sites for hydroxylation is 1. The number of aromatic nitrogens is 2. The summed E-state index contributed by atoms with van der Waals surface area (Å²) in [5.41, 5.74) is 1.96. The molecule has 0 unspecified atom stereocenters. The lowest BCUT2D eigenvalue weighted by Crippen LogP contribution is -2.44. The predicted molar refractivity (Wildman–Crippen MR) is 218 cm³/mol. The molecule has 60 heavy (non-hydrogen) atoms. The number of ether oxygens (including phenoxy) is 7. The second-order valence-electron chi connectivity index (χ2n) is 14.2. The number of nitrogens with one attached hydrogen (secondary N) is 3. The van der Waals surface area contributed by atoms with Crippen LogP contribution in [0.25, 0.3) is 22.3 Å². The lowest BCUT2D eigenvalue weighted by Gasteiger charge is -2.31. The number of hydrogen-bond donors (Lipinski definition) is 4. The van der Waals surface area contributed by atoms with Crippen molar-refractivity contribution in [3.05, 3.63) is 56.9 Å². The third-order valence-electron chi connectivity index (χ3n) is 10.3. The van der Waals surface area contributed by atoms with Crippen molar-refractivity contribution in [2.45, 2.75) is 77.5 Å². The Labute approximate surface area is 348 Å². The average molecular weight is 840 g/mol. The van der Waals surface area contributed by atoms with E-state index in [2.05, 4.69) is 16.0 Å². The molecule has 4 N–H and O–H groups in total. The molecule has 0 aliphatic carbocycles. The van der Waals surface area contributed by atoms with Gasteiger partial charge < -0.3 is 58.8 Å². The number of benzene rings is 1. The van der Waals surface area contributed by atoms with Crippen molar-refractivity contribution in [1.82, 2.24) is 25.5 Å². The van der Waals surface area contributed by atoms with Crippen LogP contribution in [0.15, 0.2) is 29.1 Å². The smallest absolute Gasteiger partial charge is 0.412 e. The minimum atomic E-state index is -1.90. The molecule has 0 radical (unpaired) electrons. The molecule has 2 aliphatic heterocycles. The molecule has 3 aromatic rings. The molecule has 328 valence electrons. The standard InChI is InChI=1S/C42H57N5O13/c1-4-29-30-24-28(10-11-34(30)46-37-31(29)26-47-35(37)25-33-32(38(47)49)27-59-39(50)42(33,53)5-2)60-41(52)45-14-9-7-6-8-13-44-40(51)58-23-22-57-21-20-56-19-18-55-17-16-54-15-12-36(48)43-3/h10-11,24-25,53H,4-9,12-23,26-27H2,1-3H3,(H,43,48)(H,44,51)(H,45,52)/t42-/m1/s1. The summed E-state index contributed by atoms with van der Waals surface area (Å²) in [6, 6.07) is 6.91. The maximum absolute atomic E-state index is 13.6. The SMILES string of the molecule is CCc1c2c(nc3ccc(OC(=O)NCCCCCCNC(=O)OCCOCCOCCOCCOCCC(=O)NC)cc13)-c1cc3c(c(=O)n1C2)COC(=O)[C@@]3(O)CC. The fourth-order valence-electron chi connectivity index (χ4n) is 7.03. The summed E-state index contributed by atoms with van der Waals surface area (Å²) in [5, 5.41) is 20.0. The van der Waals surface area contributed by atoms with Gasteiger partial charge in [0.25, 0.3) is 5.56 Å². The molecule has 4 heterocycles. The number of esters is 1. The number of amides is 3. The molecule has 2 aromatic heterocycles. The number of pyridine rings is 2. The van der Waals surface area contributed by atoms with Crippen molar-refractivity contribution in [2.24, 2.45) is 0 Å². The fraction of sp³-hybridized carbons (Fsp3) is 0.571. The highest BCUT2D eigenvalue weighted by molar-refractivity contribution is 5.90. The summed E-state index contributed by atoms with van der Waals surface area (Å²) in [4.78, 5) is 66.7. The number of carbonyl (C=O) groups is 4. The fourth-order valence-corrected chi connectivity index (χ4v) is 7.03. The van der Waals surface area contributed by atoms with E-state index >= 15 is 0 Å². The predicted octanol–water partition coefficient (Wildman–Crippen LogP) is 3.22. The molecule has 1 atom stereocenters. The quantitative estimate of drug-likeness (QED) is 0.0556. The molecular formula is C42H57N5O13. The van der Waals surface area contributed by atoms with Crippen molar-refractivity contribution < 1.29 is 57.4 Å². The van der Waals surface area contributed by atoms with Gasteiger partial charge >= 0.3 is 18.2 Å². The second-order valence-corrected chi connectivity index (χ2v) is 14.2. The molecule has 2 aliphatic rings. The first-order valence-corrected chi connectivity index (χ1v) is 20.6. The van der Waals surface area contributed by atoms with Crippen LogP contribution >= 0.6 is 0 Å². The number of fused-ring (bicyclic) bond motifs is 5. The van der Waals surface area contributed by atoms with Crippen LogP contribution in [0.1, 0.15) is 74.6 Å². The number of unbranched alkanes of at least 4 members (excludes halogenated alkanes) is 3. The topological polar surface area (TPSA) is 224 Å². The highest BCUT2D eigenvalue weighted by atomic mass is 16.6. The molecule has 1 aromatic carbocycles. The first kappa shape index (κ1) is 45.9. The van der Waals surface area contributed by atoms with Crippen molar-refractivity contribution in [1.29, 1.82) is 0 Å². The summed E-state index contributed by atoms with van der Waals surface area (Å²) in [6.45, 7) is 7.81. The van der Waals surface area contributed by atoms with Crippen LogP contribution in [0, 0.1) is 0 Å². The number of hydrogen-bond acceptors (Lipinski definition) is 14. The Morgan fingerprint density at radius 3 is 2.10 bits per heavy atom. The first-order valence-electron chi connectivity index (χ1n) is 20.6. The minimum Gasteiger partial charge on any atom is -0.458 e. The van der Waals surface area contributed by atoms with Gasteiger partial charge in [-0.3, -0.25) is 9.59 Å². The Morgan fingerprint density at radius 2 is 1.47 bits per heavy atom. The molecule has 0 saturated heterocycles. The van der Waals surface area contributed by atoms with E-state index in [1.165, 1.54) is 0 Å². The van der Waals surface area contributed by atoms with E-state index in [4.69, 9.17) is 38.1 Å². The van der Waals surface area contributed by atoms with E-state index in [9.17, 15) is 29.1 Å². The lowest BCUT2D eigenvalue weighted by atomic mass is 9.86. The Kier molecular flexibility index (Phi) is 17.6. The third-order valence-corrected chi connectivity index (χ3v) is 10.3. The van der Waals surface area contributed by atoms with Gasteiger partial charge in [0, 0.05) is 43.1 Å². The Morgan fingerprint density at radius 1 is 0.833 bits per heavy atom. The number of nitrogens with zero attached hydrogens (tertiary/aromatic N) is 2. The van der Waals surface area contributed by atoms with Gasteiger partial charge in [0.15, 0.2) is 5.60 Å². The maximum Gasteiger partial charge on any atom is 0.412 e. The number of alkyl carbamates (subject to hydrolysis) is 1. The van der Waals surface area contributed by atoms with Gasteiger partial charge in [-0.25, -0.2) is 19.4 Å². The molecule has 0 bridgehead atoms. The molecule has 0 saturated carbocycles. The van der Waals surface area contributed by atoms with E-state index in [0.29, 0.717) is 94.8 Å². The highest BCUT2D eigenvalue weighted by Gasteiger charge is 2.45. The van der Waals surface area contributed by atoms with Crippen LogP contribution in [0.4, 0.5) is 9.59 Å². The molecule has 0 fully saturated rings. The summed E-state index contributed by atoms with van der Waals surface area (Å²) in [6.07, 6.45) is 3.12. The zero-order valence-corrected chi connectivity index (χ0v) is 34.7. The Balaban J connectivity index is 0.921. The zero-order valence-electron chi connectivity index (χ0n) is 34.7. The molecule has 18 heteroatoms. The van der Waals surface area contributed by atoms with E-state index in [1.807, 2.05) is 6.92 Å². The lowest BCUT2D eigenvalue weighted by molar-refractivity contribution is -0.172. The Hall–Kier alpha value is -5.14. The van der Waals surface area contributed by atoms with Gasteiger partial charge in [-0.15, -0.1) is 0 Å². The van der Waals surface area contributed by atoms with Crippen molar-refractivity contribution in [3.63, 3.8) is 0 Å². The minimum absolute atomic E-state index is 0.0627. The van der Waals surface area contributed by atoms with Gasteiger partial charge in [-0.05, 0) is 55.5 Å². The summed E-state index contributed by atoms with van der Waals surface area (Å²) in [5.74, 6) is -0.473. The van der Waals surface area contributed by atoms with Crippen molar-refractivity contribution >= 4 is 35.0 Å². The number of rotatable bonds is 25. The van der Waals surface area contributed by atoms with Crippen LogP contribution in [0.3, 0.4) is 0 Å². The first-order chi connectivity index (χ1) is 29.1. The van der Waals surface area contributed by atoms with Gasteiger partial charge in [0.2, 0.25) is 5.91 Å². The monoisotopic (exact) mass is 839 g/mol. The molecular weight excluding hydrogens is 782 g/mol. The summed E-state index contributed by atoms with van der Waals surface area (Å²) >= 11 is 0. The van der Waals surface area contributed by atoms with Crippen LogP contribution in [-0.2, 0) is 63.2 Å². The molecule has 18 nitrogen and oxygen atoms in total. The van der Waals surface area contributed by atoms with Crippen molar-refractivity contribution in [3.8, 4) is 17.1 Å². The van der Waals surface area contributed by atoms with E-state index in [1.54, 1.807) is 42.8 Å². The van der Waals surface area contributed by atoms with Crippen LogP contribution in [0.2, 0.25) is 0 Å².